The molecule has 0 bridgehead atoms. The number of nitrogens with one attached hydrogen (secondary N) is 1. The van der Waals surface area contributed by atoms with Gasteiger partial charge in [0.1, 0.15) is 0 Å². The minimum Gasteiger partial charge on any atom is -0.348 e. The fourth-order valence-electron chi connectivity index (χ4n) is 2.46. The second-order valence-corrected chi connectivity index (χ2v) is 7.92. The Balaban J connectivity index is 2.09. The SMILES string of the molecule is CSC1CCCCC1NC(=O)c1cc(Br)ccc1I. The third kappa shape index (κ3) is 4.11. The van der Waals surface area contributed by atoms with Crippen LogP contribution in [0, 0.1) is 3.57 Å². The van der Waals surface area contributed by atoms with Gasteiger partial charge >= 0.3 is 0 Å². The predicted molar refractivity (Wildman–Crippen MR) is 93.9 cm³/mol. The Morgan fingerprint density at radius 1 is 1.42 bits per heavy atom. The summed E-state index contributed by atoms with van der Waals surface area (Å²) in [7, 11) is 0. The van der Waals surface area contributed by atoms with Gasteiger partial charge in [0.25, 0.3) is 5.91 Å². The Kier molecular flexibility index (Phi) is 6.02. The average molecular weight is 454 g/mol. The van der Waals surface area contributed by atoms with Crippen LogP contribution in [-0.2, 0) is 0 Å². The molecule has 1 aromatic rings. The molecule has 1 aliphatic rings. The lowest BCUT2D eigenvalue weighted by Crippen LogP contribution is -2.43. The van der Waals surface area contributed by atoms with Crippen molar-refractivity contribution in [2.75, 3.05) is 6.26 Å². The number of amides is 1. The van der Waals surface area contributed by atoms with Gasteiger partial charge in [-0.25, -0.2) is 0 Å². The zero-order chi connectivity index (χ0) is 13.8. The van der Waals surface area contributed by atoms with E-state index in [-0.39, 0.29) is 5.91 Å². The molecule has 5 heteroatoms. The van der Waals surface area contributed by atoms with E-state index in [1.54, 1.807) is 0 Å². The number of benzene rings is 1. The van der Waals surface area contributed by atoms with Crippen molar-refractivity contribution in [2.45, 2.75) is 37.0 Å². The van der Waals surface area contributed by atoms with Crippen molar-refractivity contribution < 1.29 is 4.79 Å². The fraction of sp³-hybridized carbons (Fsp3) is 0.500. The molecule has 0 aliphatic heterocycles. The predicted octanol–water partition coefficient (Wildman–Crippen LogP) is 4.46. The van der Waals surface area contributed by atoms with E-state index in [1.807, 2.05) is 30.0 Å². The van der Waals surface area contributed by atoms with Crippen LogP contribution in [0.3, 0.4) is 0 Å². The van der Waals surface area contributed by atoms with Crippen LogP contribution < -0.4 is 5.32 Å². The van der Waals surface area contributed by atoms with Gasteiger partial charge in [-0.2, -0.15) is 11.8 Å². The van der Waals surface area contributed by atoms with Crippen LogP contribution in [0.5, 0.6) is 0 Å². The highest BCUT2D eigenvalue weighted by molar-refractivity contribution is 14.1. The first-order chi connectivity index (χ1) is 9.11. The van der Waals surface area contributed by atoms with Gasteiger partial charge in [-0.15, -0.1) is 0 Å². The number of halogens is 2. The Bertz CT molecular complexity index is 469. The zero-order valence-electron chi connectivity index (χ0n) is 10.8. The van der Waals surface area contributed by atoms with Gasteiger partial charge in [0.15, 0.2) is 0 Å². The summed E-state index contributed by atoms with van der Waals surface area (Å²) in [5.74, 6) is 0.0525. The van der Waals surface area contributed by atoms with Crippen molar-refractivity contribution in [1.82, 2.24) is 5.32 Å². The molecule has 1 N–H and O–H groups in total. The van der Waals surface area contributed by atoms with Crippen LogP contribution in [0.25, 0.3) is 0 Å². The second kappa shape index (κ2) is 7.31. The third-order valence-corrected chi connectivity index (χ3v) is 6.10. The Morgan fingerprint density at radius 3 is 2.89 bits per heavy atom. The fourth-order valence-corrected chi connectivity index (χ4v) is 4.34. The van der Waals surface area contributed by atoms with E-state index in [1.165, 1.54) is 19.3 Å². The number of rotatable bonds is 3. The molecule has 1 aliphatic carbocycles. The lowest BCUT2D eigenvalue weighted by atomic mass is 9.94. The monoisotopic (exact) mass is 453 g/mol. The van der Waals surface area contributed by atoms with E-state index in [0.717, 1.165) is 20.0 Å². The summed E-state index contributed by atoms with van der Waals surface area (Å²) >= 11 is 7.51. The van der Waals surface area contributed by atoms with Gasteiger partial charge in [-0.1, -0.05) is 28.8 Å². The average Bonchev–Trinajstić information content (AvgIpc) is 2.42. The van der Waals surface area contributed by atoms with Crippen LogP contribution in [0.1, 0.15) is 36.0 Å². The molecule has 1 saturated carbocycles. The van der Waals surface area contributed by atoms with Crippen molar-refractivity contribution in [3.05, 3.63) is 31.8 Å². The minimum absolute atomic E-state index is 0.0525. The van der Waals surface area contributed by atoms with Gasteiger partial charge in [0.05, 0.1) is 5.56 Å². The van der Waals surface area contributed by atoms with Crippen molar-refractivity contribution in [2.24, 2.45) is 0 Å². The highest BCUT2D eigenvalue weighted by Crippen LogP contribution is 2.28. The van der Waals surface area contributed by atoms with E-state index in [0.29, 0.717) is 11.3 Å². The summed E-state index contributed by atoms with van der Waals surface area (Å²) in [4.78, 5) is 12.4. The first-order valence-corrected chi connectivity index (χ1v) is 9.56. The van der Waals surface area contributed by atoms with Crippen molar-refractivity contribution >= 4 is 56.2 Å². The smallest absolute Gasteiger partial charge is 0.252 e. The first-order valence-electron chi connectivity index (χ1n) is 6.40. The highest BCUT2D eigenvalue weighted by Gasteiger charge is 2.26. The summed E-state index contributed by atoms with van der Waals surface area (Å²) in [6, 6.07) is 6.13. The van der Waals surface area contributed by atoms with E-state index in [4.69, 9.17) is 0 Å². The van der Waals surface area contributed by atoms with Crippen LogP contribution in [0.15, 0.2) is 22.7 Å². The topological polar surface area (TPSA) is 29.1 Å². The largest absolute Gasteiger partial charge is 0.348 e. The normalized spacial score (nSPS) is 23.1. The van der Waals surface area contributed by atoms with Crippen molar-refractivity contribution in [3.8, 4) is 0 Å². The second-order valence-electron chi connectivity index (χ2n) is 4.76. The summed E-state index contributed by atoms with van der Waals surface area (Å²) in [5, 5.41) is 3.78. The minimum atomic E-state index is 0.0525. The molecule has 2 unspecified atom stereocenters. The highest BCUT2D eigenvalue weighted by atomic mass is 127. The van der Waals surface area contributed by atoms with Gasteiger partial charge in [0.2, 0.25) is 0 Å². The first kappa shape index (κ1) is 15.6. The number of hydrogen-bond acceptors (Lipinski definition) is 2. The molecule has 1 amide bonds. The quantitative estimate of drug-likeness (QED) is 0.684. The molecule has 19 heavy (non-hydrogen) atoms. The van der Waals surface area contributed by atoms with E-state index >= 15 is 0 Å². The molecule has 1 fully saturated rings. The lowest BCUT2D eigenvalue weighted by molar-refractivity contribution is 0.0928. The molecule has 2 rings (SSSR count). The molecule has 0 spiro atoms. The van der Waals surface area contributed by atoms with Crippen LogP contribution in [0.2, 0.25) is 0 Å². The maximum absolute atomic E-state index is 12.4. The van der Waals surface area contributed by atoms with Crippen molar-refractivity contribution in [1.29, 1.82) is 0 Å². The zero-order valence-corrected chi connectivity index (χ0v) is 15.3. The van der Waals surface area contributed by atoms with Gasteiger partial charge in [-0.3, -0.25) is 4.79 Å². The lowest BCUT2D eigenvalue weighted by Gasteiger charge is -2.31. The number of carbonyl (C=O) groups excluding carboxylic acids is 1. The summed E-state index contributed by atoms with van der Waals surface area (Å²) in [6.45, 7) is 0. The van der Waals surface area contributed by atoms with Crippen LogP contribution >= 0.6 is 50.3 Å². The molecule has 1 aromatic carbocycles. The summed E-state index contributed by atoms with van der Waals surface area (Å²) in [6.07, 6.45) is 6.95. The van der Waals surface area contributed by atoms with Crippen LogP contribution in [0.4, 0.5) is 0 Å². The third-order valence-electron chi connectivity index (χ3n) is 3.49. The van der Waals surface area contributed by atoms with Crippen LogP contribution in [-0.4, -0.2) is 23.5 Å². The molecule has 0 saturated heterocycles. The molecule has 0 heterocycles. The number of thioether (sulfide) groups is 1. The van der Waals surface area contributed by atoms with Crippen molar-refractivity contribution in [3.63, 3.8) is 0 Å². The molecule has 0 aromatic heterocycles. The molecule has 2 atom stereocenters. The van der Waals surface area contributed by atoms with Gasteiger partial charge in [0, 0.05) is 19.3 Å². The Labute approximate surface area is 140 Å². The Hall–Kier alpha value is 0.250. The van der Waals surface area contributed by atoms with E-state index < -0.39 is 0 Å². The molecule has 104 valence electrons. The molecular formula is C14H17BrINOS. The maximum atomic E-state index is 12.4. The molecular weight excluding hydrogens is 437 g/mol. The van der Waals surface area contributed by atoms with Gasteiger partial charge in [-0.05, 0) is 59.9 Å². The summed E-state index contributed by atoms with van der Waals surface area (Å²) < 4.78 is 1.94. The molecule has 2 nitrogen and oxygen atoms in total. The maximum Gasteiger partial charge on any atom is 0.252 e. The van der Waals surface area contributed by atoms with Gasteiger partial charge < -0.3 is 5.32 Å². The van der Waals surface area contributed by atoms with E-state index in [9.17, 15) is 4.79 Å². The molecule has 0 radical (unpaired) electrons. The number of hydrogen-bond donors (Lipinski definition) is 1. The standard InChI is InChI=1S/C14H17BrINOS/c1-19-13-5-3-2-4-12(13)17-14(18)10-8-9(15)6-7-11(10)16/h6-8,12-13H,2-5H2,1H3,(H,17,18). The summed E-state index contributed by atoms with van der Waals surface area (Å²) in [5.41, 5.74) is 0.764. The van der Waals surface area contributed by atoms with E-state index in [2.05, 4.69) is 50.1 Å². The number of carbonyl (C=O) groups is 1. The Morgan fingerprint density at radius 2 is 2.16 bits per heavy atom.